The van der Waals surface area contributed by atoms with Crippen LogP contribution >= 0.6 is 0 Å². The number of hydrogen-bond donors (Lipinski definition) is 0. The maximum Gasteiger partial charge on any atom is 0.166 e. The second-order valence-electron chi connectivity index (χ2n) is 3.36. The summed E-state index contributed by atoms with van der Waals surface area (Å²) in [7, 11) is 0. The fourth-order valence-corrected chi connectivity index (χ4v) is 1.74. The second-order valence-corrected chi connectivity index (χ2v) is 3.36. The van der Waals surface area contributed by atoms with Gasteiger partial charge in [-0.3, -0.25) is 4.79 Å². The lowest BCUT2D eigenvalue weighted by molar-refractivity contribution is 0.0942. The van der Waals surface area contributed by atoms with E-state index in [2.05, 4.69) is 6.92 Å². The van der Waals surface area contributed by atoms with Crippen LogP contribution in [0.25, 0.3) is 0 Å². The summed E-state index contributed by atoms with van der Waals surface area (Å²) in [5, 5.41) is 0. The normalized spacial score (nSPS) is 22.4. The van der Waals surface area contributed by atoms with Gasteiger partial charge in [0.1, 0.15) is 5.76 Å². The molecule has 0 spiro atoms. The Bertz CT molecular complexity index is 299. The summed E-state index contributed by atoms with van der Waals surface area (Å²) in [6.45, 7) is 2.12. The van der Waals surface area contributed by atoms with E-state index >= 15 is 0 Å². The number of furan rings is 1. The van der Waals surface area contributed by atoms with Crippen LogP contribution in [0.5, 0.6) is 0 Å². The molecule has 1 aromatic rings. The monoisotopic (exact) mass is 164 g/mol. The summed E-state index contributed by atoms with van der Waals surface area (Å²) in [5.41, 5.74) is 0.805. The van der Waals surface area contributed by atoms with Gasteiger partial charge in [-0.1, -0.05) is 13.3 Å². The van der Waals surface area contributed by atoms with Crippen LogP contribution in [-0.4, -0.2) is 5.78 Å². The first kappa shape index (κ1) is 7.59. The molecule has 0 fully saturated rings. The van der Waals surface area contributed by atoms with Crippen molar-refractivity contribution in [2.45, 2.75) is 26.2 Å². The van der Waals surface area contributed by atoms with E-state index in [4.69, 9.17) is 4.42 Å². The lowest BCUT2D eigenvalue weighted by Gasteiger charge is -2.17. The number of hydrogen-bond acceptors (Lipinski definition) is 2. The number of fused-ring (bicyclic) bond motifs is 1. The maximum absolute atomic E-state index is 11.5. The molecular formula is C10H12O2. The van der Waals surface area contributed by atoms with E-state index in [0.29, 0.717) is 12.3 Å². The van der Waals surface area contributed by atoms with Gasteiger partial charge in [0.15, 0.2) is 5.78 Å². The molecule has 2 rings (SSSR count). The third-order valence-electron chi connectivity index (χ3n) is 2.57. The Morgan fingerprint density at radius 3 is 3.17 bits per heavy atom. The molecule has 0 saturated carbocycles. The molecular weight excluding hydrogens is 152 g/mol. The van der Waals surface area contributed by atoms with Gasteiger partial charge in [-0.2, -0.15) is 0 Å². The van der Waals surface area contributed by atoms with Crippen LogP contribution in [0.3, 0.4) is 0 Å². The number of carbonyl (C=O) groups is 1. The molecule has 0 bridgehead atoms. The third kappa shape index (κ3) is 1.07. The Morgan fingerprint density at radius 1 is 1.58 bits per heavy atom. The first-order valence-corrected chi connectivity index (χ1v) is 4.40. The molecule has 64 valence electrons. The van der Waals surface area contributed by atoms with Crippen molar-refractivity contribution in [1.82, 2.24) is 0 Å². The maximum atomic E-state index is 11.5. The highest BCUT2D eigenvalue weighted by Gasteiger charge is 2.25. The molecule has 2 heteroatoms. The van der Waals surface area contributed by atoms with Crippen molar-refractivity contribution in [3.05, 3.63) is 23.7 Å². The molecule has 2 nitrogen and oxygen atoms in total. The van der Waals surface area contributed by atoms with E-state index in [9.17, 15) is 4.79 Å². The van der Waals surface area contributed by atoms with Crippen molar-refractivity contribution in [1.29, 1.82) is 0 Å². The summed E-state index contributed by atoms with van der Waals surface area (Å²) >= 11 is 0. The quantitative estimate of drug-likeness (QED) is 0.638. The number of carbonyl (C=O) groups excluding carboxylic acids is 1. The SMILES string of the molecule is CCC1CC(=O)c2ccoc2C1. The minimum atomic E-state index is 0.247. The van der Waals surface area contributed by atoms with E-state index < -0.39 is 0 Å². The average Bonchev–Trinajstić information content (AvgIpc) is 2.52. The van der Waals surface area contributed by atoms with Gasteiger partial charge in [0.25, 0.3) is 0 Å². The fourth-order valence-electron chi connectivity index (χ4n) is 1.74. The molecule has 0 aromatic carbocycles. The minimum Gasteiger partial charge on any atom is -0.469 e. The summed E-state index contributed by atoms with van der Waals surface area (Å²) in [6.07, 6.45) is 4.31. The fraction of sp³-hybridized carbons (Fsp3) is 0.500. The zero-order chi connectivity index (χ0) is 8.55. The van der Waals surface area contributed by atoms with Gasteiger partial charge in [-0.05, 0) is 12.0 Å². The van der Waals surface area contributed by atoms with Crippen molar-refractivity contribution < 1.29 is 9.21 Å². The largest absolute Gasteiger partial charge is 0.469 e. The van der Waals surface area contributed by atoms with Gasteiger partial charge >= 0.3 is 0 Å². The number of rotatable bonds is 1. The Morgan fingerprint density at radius 2 is 2.42 bits per heavy atom. The van der Waals surface area contributed by atoms with E-state index in [0.717, 1.165) is 24.2 Å². The highest BCUT2D eigenvalue weighted by molar-refractivity contribution is 5.98. The van der Waals surface area contributed by atoms with Crippen LogP contribution < -0.4 is 0 Å². The van der Waals surface area contributed by atoms with Crippen molar-refractivity contribution in [2.75, 3.05) is 0 Å². The second kappa shape index (κ2) is 2.77. The van der Waals surface area contributed by atoms with Crippen molar-refractivity contribution in [2.24, 2.45) is 5.92 Å². The van der Waals surface area contributed by atoms with Crippen molar-refractivity contribution in [3.8, 4) is 0 Å². The lowest BCUT2D eigenvalue weighted by atomic mass is 9.86. The number of Topliss-reactive ketones (excluding diaryl/α,β-unsaturated/α-hetero) is 1. The summed E-state index contributed by atoms with van der Waals surface area (Å²) in [5.74, 6) is 1.63. The summed E-state index contributed by atoms with van der Waals surface area (Å²) in [4.78, 5) is 11.5. The van der Waals surface area contributed by atoms with Crippen LogP contribution in [0.4, 0.5) is 0 Å². The molecule has 1 aliphatic carbocycles. The molecule has 0 N–H and O–H groups in total. The number of ketones is 1. The highest BCUT2D eigenvalue weighted by Crippen LogP contribution is 2.27. The summed E-state index contributed by atoms with van der Waals surface area (Å²) in [6, 6.07) is 1.78. The van der Waals surface area contributed by atoms with Gasteiger partial charge < -0.3 is 4.42 Å². The molecule has 1 heterocycles. The van der Waals surface area contributed by atoms with Crippen LogP contribution in [0.15, 0.2) is 16.7 Å². The minimum absolute atomic E-state index is 0.247. The predicted octanol–water partition coefficient (Wildman–Crippen LogP) is 2.43. The zero-order valence-electron chi connectivity index (χ0n) is 7.17. The van der Waals surface area contributed by atoms with E-state index in [1.165, 1.54) is 0 Å². The predicted molar refractivity (Wildman–Crippen MR) is 45.1 cm³/mol. The van der Waals surface area contributed by atoms with Gasteiger partial charge in [-0.15, -0.1) is 0 Å². The van der Waals surface area contributed by atoms with Crippen molar-refractivity contribution in [3.63, 3.8) is 0 Å². The van der Waals surface area contributed by atoms with Crippen LogP contribution in [0, 0.1) is 5.92 Å². The zero-order valence-corrected chi connectivity index (χ0v) is 7.17. The standard InChI is InChI=1S/C10H12O2/c1-2-7-5-9(11)8-3-4-12-10(8)6-7/h3-4,7H,2,5-6H2,1H3. The first-order valence-electron chi connectivity index (χ1n) is 4.40. The Balaban J connectivity index is 2.32. The molecule has 0 aliphatic heterocycles. The van der Waals surface area contributed by atoms with E-state index in [1.807, 2.05) is 0 Å². The molecule has 12 heavy (non-hydrogen) atoms. The van der Waals surface area contributed by atoms with Crippen LogP contribution in [0.1, 0.15) is 35.9 Å². The Labute approximate surface area is 71.6 Å². The van der Waals surface area contributed by atoms with Gasteiger partial charge in [-0.25, -0.2) is 0 Å². The lowest BCUT2D eigenvalue weighted by Crippen LogP contribution is -2.17. The summed E-state index contributed by atoms with van der Waals surface area (Å²) < 4.78 is 5.24. The Kier molecular flexibility index (Phi) is 1.75. The average molecular weight is 164 g/mol. The smallest absolute Gasteiger partial charge is 0.166 e. The van der Waals surface area contributed by atoms with Gasteiger partial charge in [0, 0.05) is 12.8 Å². The van der Waals surface area contributed by atoms with Crippen molar-refractivity contribution >= 4 is 5.78 Å². The van der Waals surface area contributed by atoms with Crippen LogP contribution in [0.2, 0.25) is 0 Å². The van der Waals surface area contributed by atoms with Gasteiger partial charge in [0.2, 0.25) is 0 Å². The molecule has 0 saturated heterocycles. The molecule has 0 radical (unpaired) electrons. The molecule has 1 unspecified atom stereocenters. The van der Waals surface area contributed by atoms with Gasteiger partial charge in [0.05, 0.1) is 11.8 Å². The Hall–Kier alpha value is -1.05. The molecule has 1 atom stereocenters. The topological polar surface area (TPSA) is 30.2 Å². The third-order valence-corrected chi connectivity index (χ3v) is 2.57. The highest BCUT2D eigenvalue weighted by atomic mass is 16.3. The molecule has 1 aliphatic rings. The van der Waals surface area contributed by atoms with E-state index in [-0.39, 0.29) is 5.78 Å². The molecule has 1 aromatic heterocycles. The molecule has 0 amide bonds. The first-order chi connectivity index (χ1) is 5.81. The van der Waals surface area contributed by atoms with Crippen LogP contribution in [-0.2, 0) is 6.42 Å². The van der Waals surface area contributed by atoms with E-state index in [1.54, 1.807) is 12.3 Å².